The molecule has 0 saturated carbocycles. The molecule has 116 valence electrons. The van der Waals surface area contributed by atoms with Crippen LogP contribution in [0.1, 0.15) is 24.2 Å². The molecule has 22 heavy (non-hydrogen) atoms. The summed E-state index contributed by atoms with van der Waals surface area (Å²) in [7, 11) is 0. The SMILES string of the molecule is CC(C)COc1ccc(NC(=O)c2ccccc2Br)cc1Cl. The van der Waals surface area contributed by atoms with E-state index in [1.807, 2.05) is 18.2 Å². The van der Waals surface area contributed by atoms with Gasteiger partial charge in [0.15, 0.2) is 0 Å². The Morgan fingerprint density at radius 2 is 2.00 bits per heavy atom. The Balaban J connectivity index is 2.09. The predicted molar refractivity (Wildman–Crippen MR) is 93.9 cm³/mol. The van der Waals surface area contributed by atoms with Gasteiger partial charge in [-0.3, -0.25) is 4.79 Å². The first-order chi connectivity index (χ1) is 10.5. The number of anilines is 1. The second kappa shape index (κ2) is 7.65. The first-order valence-electron chi connectivity index (χ1n) is 6.95. The molecule has 0 atom stereocenters. The van der Waals surface area contributed by atoms with Crippen LogP contribution in [0.4, 0.5) is 5.69 Å². The van der Waals surface area contributed by atoms with Gasteiger partial charge in [-0.25, -0.2) is 0 Å². The molecule has 0 aliphatic carbocycles. The number of halogens is 2. The van der Waals surface area contributed by atoms with Crippen molar-refractivity contribution in [2.24, 2.45) is 5.92 Å². The number of carbonyl (C=O) groups excluding carboxylic acids is 1. The Bertz CT molecular complexity index is 673. The summed E-state index contributed by atoms with van der Waals surface area (Å²) in [4.78, 5) is 12.2. The number of amides is 1. The number of carbonyl (C=O) groups is 1. The number of hydrogen-bond donors (Lipinski definition) is 1. The van der Waals surface area contributed by atoms with Crippen LogP contribution >= 0.6 is 27.5 Å². The Morgan fingerprint density at radius 3 is 2.64 bits per heavy atom. The molecule has 3 nitrogen and oxygen atoms in total. The molecule has 0 saturated heterocycles. The van der Waals surface area contributed by atoms with E-state index >= 15 is 0 Å². The summed E-state index contributed by atoms with van der Waals surface area (Å²) in [6.07, 6.45) is 0. The van der Waals surface area contributed by atoms with Crippen molar-refractivity contribution in [2.75, 3.05) is 11.9 Å². The van der Waals surface area contributed by atoms with Gasteiger partial charge in [0.1, 0.15) is 5.75 Å². The molecular weight excluding hydrogens is 366 g/mol. The third-order valence-electron chi connectivity index (χ3n) is 2.88. The van der Waals surface area contributed by atoms with Gasteiger partial charge in [0.2, 0.25) is 0 Å². The molecule has 0 heterocycles. The smallest absolute Gasteiger partial charge is 0.256 e. The summed E-state index contributed by atoms with van der Waals surface area (Å²) in [5, 5.41) is 3.30. The number of nitrogens with one attached hydrogen (secondary N) is 1. The predicted octanol–water partition coefficient (Wildman–Crippen LogP) is 5.39. The fraction of sp³-hybridized carbons (Fsp3) is 0.235. The zero-order valence-electron chi connectivity index (χ0n) is 12.4. The second-order valence-corrected chi connectivity index (χ2v) is 6.55. The first-order valence-corrected chi connectivity index (χ1v) is 8.12. The highest BCUT2D eigenvalue weighted by molar-refractivity contribution is 9.10. The van der Waals surface area contributed by atoms with Crippen LogP contribution in [0.3, 0.4) is 0 Å². The average molecular weight is 383 g/mol. The van der Waals surface area contributed by atoms with Gasteiger partial charge in [0.25, 0.3) is 5.91 Å². The molecule has 1 N–H and O–H groups in total. The lowest BCUT2D eigenvalue weighted by atomic mass is 10.2. The minimum absolute atomic E-state index is 0.195. The van der Waals surface area contributed by atoms with Crippen LogP contribution in [0, 0.1) is 5.92 Å². The van der Waals surface area contributed by atoms with E-state index < -0.39 is 0 Å². The Kier molecular flexibility index (Phi) is 5.86. The van der Waals surface area contributed by atoms with Gasteiger partial charge in [-0.1, -0.05) is 37.6 Å². The number of ether oxygens (including phenoxy) is 1. The maximum Gasteiger partial charge on any atom is 0.256 e. The van der Waals surface area contributed by atoms with Crippen LogP contribution in [0.2, 0.25) is 5.02 Å². The van der Waals surface area contributed by atoms with E-state index in [1.54, 1.807) is 24.3 Å². The van der Waals surface area contributed by atoms with Crippen LogP contribution in [-0.4, -0.2) is 12.5 Å². The standard InChI is InChI=1S/C17H17BrClNO2/c1-11(2)10-22-16-8-7-12(9-15(16)19)20-17(21)13-5-3-4-6-14(13)18/h3-9,11H,10H2,1-2H3,(H,20,21). The summed E-state index contributed by atoms with van der Waals surface area (Å²) < 4.78 is 6.36. The first kappa shape index (κ1) is 16.8. The fourth-order valence-corrected chi connectivity index (χ4v) is 2.50. The van der Waals surface area contributed by atoms with E-state index in [0.29, 0.717) is 34.5 Å². The van der Waals surface area contributed by atoms with E-state index in [-0.39, 0.29) is 5.91 Å². The highest BCUT2D eigenvalue weighted by Crippen LogP contribution is 2.28. The van der Waals surface area contributed by atoms with Crippen molar-refractivity contribution < 1.29 is 9.53 Å². The van der Waals surface area contributed by atoms with Gasteiger partial charge in [0.05, 0.1) is 17.2 Å². The molecule has 0 aromatic heterocycles. The van der Waals surface area contributed by atoms with Gasteiger partial charge in [-0.05, 0) is 52.2 Å². The molecule has 0 aliphatic heterocycles. The lowest BCUT2D eigenvalue weighted by Crippen LogP contribution is -2.12. The monoisotopic (exact) mass is 381 g/mol. The molecule has 2 aromatic rings. The van der Waals surface area contributed by atoms with Crippen molar-refractivity contribution in [2.45, 2.75) is 13.8 Å². The van der Waals surface area contributed by atoms with Crippen molar-refractivity contribution >= 4 is 39.1 Å². The molecular formula is C17H17BrClNO2. The topological polar surface area (TPSA) is 38.3 Å². The zero-order chi connectivity index (χ0) is 16.1. The van der Waals surface area contributed by atoms with E-state index in [0.717, 1.165) is 4.47 Å². The highest BCUT2D eigenvalue weighted by atomic mass is 79.9. The van der Waals surface area contributed by atoms with E-state index in [2.05, 4.69) is 35.1 Å². The van der Waals surface area contributed by atoms with Gasteiger partial charge in [-0.15, -0.1) is 0 Å². The maximum atomic E-state index is 12.2. The van der Waals surface area contributed by atoms with Gasteiger partial charge in [0, 0.05) is 10.2 Å². The van der Waals surface area contributed by atoms with Gasteiger partial charge in [-0.2, -0.15) is 0 Å². The molecule has 0 unspecified atom stereocenters. The van der Waals surface area contributed by atoms with Crippen molar-refractivity contribution in [3.05, 3.63) is 57.5 Å². The van der Waals surface area contributed by atoms with E-state index in [9.17, 15) is 4.79 Å². The molecule has 0 fully saturated rings. The lowest BCUT2D eigenvalue weighted by molar-refractivity contribution is 0.102. The zero-order valence-corrected chi connectivity index (χ0v) is 14.7. The summed E-state index contributed by atoms with van der Waals surface area (Å²) >= 11 is 9.55. The molecule has 5 heteroatoms. The van der Waals surface area contributed by atoms with Gasteiger partial charge < -0.3 is 10.1 Å². The van der Waals surface area contributed by atoms with Gasteiger partial charge >= 0.3 is 0 Å². The summed E-state index contributed by atoms with van der Waals surface area (Å²) in [6, 6.07) is 12.5. The maximum absolute atomic E-state index is 12.2. The minimum Gasteiger partial charge on any atom is -0.492 e. The largest absolute Gasteiger partial charge is 0.492 e. The minimum atomic E-state index is -0.195. The fourth-order valence-electron chi connectivity index (χ4n) is 1.80. The quantitative estimate of drug-likeness (QED) is 0.753. The molecule has 1 amide bonds. The second-order valence-electron chi connectivity index (χ2n) is 5.28. The highest BCUT2D eigenvalue weighted by Gasteiger charge is 2.11. The van der Waals surface area contributed by atoms with Crippen LogP contribution in [0.5, 0.6) is 5.75 Å². The molecule has 2 rings (SSSR count). The summed E-state index contributed by atoms with van der Waals surface area (Å²) in [6.45, 7) is 4.74. The Labute approximate surface area is 143 Å². The number of hydrogen-bond acceptors (Lipinski definition) is 2. The molecule has 2 aromatic carbocycles. The average Bonchev–Trinajstić information content (AvgIpc) is 2.46. The Morgan fingerprint density at radius 1 is 1.27 bits per heavy atom. The van der Waals surface area contributed by atoms with Crippen LogP contribution in [0.25, 0.3) is 0 Å². The van der Waals surface area contributed by atoms with Crippen molar-refractivity contribution in [3.8, 4) is 5.75 Å². The van der Waals surface area contributed by atoms with E-state index in [1.165, 1.54) is 0 Å². The van der Waals surface area contributed by atoms with Crippen LogP contribution < -0.4 is 10.1 Å². The van der Waals surface area contributed by atoms with Crippen molar-refractivity contribution in [1.29, 1.82) is 0 Å². The number of benzene rings is 2. The third kappa shape index (κ3) is 4.49. The molecule has 0 radical (unpaired) electrons. The van der Waals surface area contributed by atoms with Crippen LogP contribution in [0.15, 0.2) is 46.9 Å². The summed E-state index contributed by atoms with van der Waals surface area (Å²) in [5.41, 5.74) is 1.20. The number of rotatable bonds is 5. The van der Waals surface area contributed by atoms with Crippen LogP contribution in [-0.2, 0) is 0 Å². The van der Waals surface area contributed by atoms with Crippen molar-refractivity contribution in [3.63, 3.8) is 0 Å². The van der Waals surface area contributed by atoms with Crippen molar-refractivity contribution in [1.82, 2.24) is 0 Å². The normalized spacial score (nSPS) is 10.6. The Hall–Kier alpha value is -1.52. The molecule has 0 spiro atoms. The molecule has 0 aliphatic rings. The third-order valence-corrected chi connectivity index (χ3v) is 3.87. The summed E-state index contributed by atoms with van der Waals surface area (Å²) in [5.74, 6) is 0.847. The van der Waals surface area contributed by atoms with E-state index in [4.69, 9.17) is 16.3 Å². The lowest BCUT2D eigenvalue weighted by Gasteiger charge is -2.12. The molecule has 0 bridgehead atoms.